The molecule has 0 saturated carbocycles. The molecule has 1 saturated heterocycles. The van der Waals surface area contributed by atoms with Crippen LogP contribution >= 0.6 is 0 Å². The number of aliphatic carboxylic acids is 1. The van der Waals surface area contributed by atoms with E-state index in [0.29, 0.717) is 17.4 Å². The third kappa shape index (κ3) is 6.45. The Morgan fingerprint density at radius 2 is 1.73 bits per heavy atom. The van der Waals surface area contributed by atoms with Gasteiger partial charge >= 0.3 is 5.97 Å². The van der Waals surface area contributed by atoms with Crippen LogP contribution in [0.5, 0.6) is 5.75 Å². The lowest BCUT2D eigenvalue weighted by Gasteiger charge is -2.47. The first-order valence-electron chi connectivity index (χ1n) is 13.9. The van der Waals surface area contributed by atoms with Gasteiger partial charge in [0, 0.05) is 43.9 Å². The van der Waals surface area contributed by atoms with Crippen molar-refractivity contribution in [3.05, 3.63) is 95.6 Å². The standard InChI is InChI=1S/C31H36N6O4/c1-4-41-30(31(39)40)37-33-29(32-34-37)25-15-13-24(14-16-25)28(26-11-8-12-27(38)17-26)36-19-21(2)35(18-22(36)3)20-23-9-6-5-7-10-23/h5-17,21-22,28,30,38H,4,18-20H2,1-3H3,(H,39,40)/t21-,22+,28-,30?/m1/s1. The Balaban J connectivity index is 1.41. The Morgan fingerprint density at radius 3 is 2.41 bits per heavy atom. The molecule has 1 aromatic heterocycles. The first-order chi connectivity index (χ1) is 19.8. The molecule has 10 heteroatoms. The van der Waals surface area contributed by atoms with E-state index in [1.807, 2.05) is 42.5 Å². The number of rotatable bonds is 10. The minimum atomic E-state index is -1.33. The normalized spacial score (nSPS) is 19.6. The molecule has 1 aliphatic rings. The second-order valence-electron chi connectivity index (χ2n) is 10.5. The maximum Gasteiger partial charge on any atom is 0.357 e. The van der Waals surface area contributed by atoms with Crippen molar-refractivity contribution in [3.63, 3.8) is 0 Å². The van der Waals surface area contributed by atoms with Crippen LogP contribution in [-0.2, 0) is 16.1 Å². The van der Waals surface area contributed by atoms with Crippen molar-refractivity contribution < 1.29 is 19.7 Å². The molecule has 4 aromatic rings. The minimum absolute atomic E-state index is 0.0783. The van der Waals surface area contributed by atoms with E-state index in [0.717, 1.165) is 35.6 Å². The van der Waals surface area contributed by atoms with Crippen LogP contribution in [0, 0.1) is 0 Å². The summed E-state index contributed by atoms with van der Waals surface area (Å²) >= 11 is 0. The van der Waals surface area contributed by atoms with Gasteiger partial charge in [0.05, 0.1) is 6.04 Å². The van der Waals surface area contributed by atoms with E-state index in [9.17, 15) is 15.0 Å². The van der Waals surface area contributed by atoms with Crippen LogP contribution in [-0.4, -0.2) is 78.0 Å². The number of phenols is 1. The molecule has 4 atom stereocenters. The number of aromatic nitrogens is 4. The first kappa shape index (κ1) is 28.4. The summed E-state index contributed by atoms with van der Waals surface area (Å²) in [6.07, 6.45) is -1.33. The van der Waals surface area contributed by atoms with Crippen LogP contribution in [0.1, 0.15) is 49.7 Å². The third-order valence-electron chi connectivity index (χ3n) is 7.57. The molecule has 214 valence electrons. The quantitative estimate of drug-likeness (QED) is 0.294. The molecule has 3 aromatic carbocycles. The van der Waals surface area contributed by atoms with Gasteiger partial charge in [-0.1, -0.05) is 66.7 Å². The first-order valence-corrected chi connectivity index (χ1v) is 13.9. The molecule has 2 N–H and O–H groups in total. The maximum absolute atomic E-state index is 11.5. The number of tetrazole rings is 1. The van der Waals surface area contributed by atoms with Gasteiger partial charge in [0.1, 0.15) is 5.75 Å². The Kier molecular flexibility index (Phi) is 8.72. The fourth-order valence-corrected chi connectivity index (χ4v) is 5.54. The summed E-state index contributed by atoms with van der Waals surface area (Å²) in [6.45, 7) is 9.13. The van der Waals surface area contributed by atoms with Gasteiger partial charge in [0.15, 0.2) is 0 Å². The van der Waals surface area contributed by atoms with Gasteiger partial charge < -0.3 is 14.9 Å². The monoisotopic (exact) mass is 556 g/mol. The molecule has 0 amide bonds. The molecule has 41 heavy (non-hydrogen) atoms. The number of piperazine rings is 1. The topological polar surface area (TPSA) is 117 Å². The zero-order valence-corrected chi connectivity index (χ0v) is 23.5. The van der Waals surface area contributed by atoms with E-state index in [1.165, 1.54) is 5.56 Å². The molecule has 1 unspecified atom stereocenters. The summed E-state index contributed by atoms with van der Waals surface area (Å²) < 4.78 is 5.24. The number of ether oxygens (including phenoxy) is 1. The Hall–Kier alpha value is -4.12. The summed E-state index contributed by atoms with van der Waals surface area (Å²) in [6, 6.07) is 26.4. The zero-order chi connectivity index (χ0) is 28.9. The van der Waals surface area contributed by atoms with E-state index in [1.54, 1.807) is 13.0 Å². The van der Waals surface area contributed by atoms with Gasteiger partial charge in [-0.15, -0.1) is 15.0 Å². The number of nitrogens with zero attached hydrogens (tertiary/aromatic N) is 6. The van der Waals surface area contributed by atoms with Gasteiger partial charge in [-0.25, -0.2) is 4.79 Å². The van der Waals surface area contributed by atoms with Crippen LogP contribution in [0.15, 0.2) is 78.9 Å². The van der Waals surface area contributed by atoms with Crippen LogP contribution in [0.3, 0.4) is 0 Å². The number of hydrogen-bond donors (Lipinski definition) is 2. The summed E-state index contributed by atoms with van der Waals surface area (Å²) in [5.41, 5.74) is 4.10. The van der Waals surface area contributed by atoms with E-state index >= 15 is 0 Å². The summed E-state index contributed by atoms with van der Waals surface area (Å²) in [7, 11) is 0. The molecule has 0 spiro atoms. The highest BCUT2D eigenvalue weighted by atomic mass is 16.5. The fraction of sp³-hybridized carbons (Fsp3) is 0.355. The molecular formula is C31H36N6O4. The lowest BCUT2D eigenvalue weighted by atomic mass is 9.92. The molecule has 10 nitrogen and oxygen atoms in total. The van der Waals surface area contributed by atoms with Crippen molar-refractivity contribution in [1.29, 1.82) is 0 Å². The molecule has 1 fully saturated rings. The van der Waals surface area contributed by atoms with Crippen molar-refractivity contribution in [2.75, 3.05) is 19.7 Å². The predicted octanol–water partition coefficient (Wildman–Crippen LogP) is 4.35. The molecule has 0 radical (unpaired) electrons. The Bertz CT molecular complexity index is 1440. The summed E-state index contributed by atoms with van der Waals surface area (Å²) in [5, 5.41) is 32.0. The number of hydrogen-bond acceptors (Lipinski definition) is 8. The average Bonchev–Trinajstić information content (AvgIpc) is 3.45. The van der Waals surface area contributed by atoms with Gasteiger partial charge in [-0.05, 0) is 54.8 Å². The van der Waals surface area contributed by atoms with E-state index in [-0.39, 0.29) is 24.4 Å². The molecular weight excluding hydrogens is 520 g/mol. The minimum Gasteiger partial charge on any atom is -0.508 e. The van der Waals surface area contributed by atoms with Crippen molar-refractivity contribution in [2.45, 2.75) is 51.7 Å². The van der Waals surface area contributed by atoms with Crippen LogP contribution in [0.4, 0.5) is 0 Å². The van der Waals surface area contributed by atoms with Crippen molar-refractivity contribution in [1.82, 2.24) is 30.0 Å². The third-order valence-corrected chi connectivity index (χ3v) is 7.57. The van der Waals surface area contributed by atoms with Gasteiger partial charge in [-0.2, -0.15) is 0 Å². The number of benzene rings is 3. The number of aromatic hydroxyl groups is 1. The van der Waals surface area contributed by atoms with Crippen molar-refractivity contribution >= 4 is 5.97 Å². The van der Waals surface area contributed by atoms with E-state index in [4.69, 9.17) is 4.74 Å². The second-order valence-corrected chi connectivity index (χ2v) is 10.5. The fourth-order valence-electron chi connectivity index (χ4n) is 5.54. The van der Waals surface area contributed by atoms with Crippen LogP contribution < -0.4 is 0 Å². The summed E-state index contributed by atoms with van der Waals surface area (Å²) in [4.78, 5) is 17.6. The Morgan fingerprint density at radius 1 is 0.976 bits per heavy atom. The smallest absolute Gasteiger partial charge is 0.357 e. The maximum atomic E-state index is 11.5. The molecule has 5 rings (SSSR count). The molecule has 0 aliphatic carbocycles. The number of carboxylic acid groups (broad SMARTS) is 1. The second kappa shape index (κ2) is 12.6. The molecule has 2 heterocycles. The lowest BCUT2D eigenvalue weighted by Crippen LogP contribution is -2.56. The summed E-state index contributed by atoms with van der Waals surface area (Å²) in [5.74, 6) is -0.643. The van der Waals surface area contributed by atoms with Crippen molar-refractivity contribution in [3.8, 4) is 17.1 Å². The highest BCUT2D eigenvalue weighted by Crippen LogP contribution is 2.35. The predicted molar refractivity (Wildman–Crippen MR) is 154 cm³/mol. The van der Waals surface area contributed by atoms with Crippen LogP contribution in [0.2, 0.25) is 0 Å². The average molecular weight is 557 g/mol. The zero-order valence-electron chi connectivity index (χ0n) is 23.5. The number of carbonyl (C=O) groups is 1. The van der Waals surface area contributed by atoms with E-state index < -0.39 is 12.2 Å². The number of phenolic OH excluding ortho intramolecular Hbond substituents is 1. The largest absolute Gasteiger partial charge is 0.508 e. The van der Waals surface area contributed by atoms with Crippen molar-refractivity contribution in [2.24, 2.45) is 0 Å². The SMILES string of the molecule is CCOC(C(=O)O)n1nnc(-c2ccc([C@H](c3cccc(O)c3)N3C[C@@H](C)N(Cc4ccccc4)C[C@@H]3C)cc2)n1. The highest BCUT2D eigenvalue weighted by molar-refractivity contribution is 5.70. The van der Waals surface area contributed by atoms with Gasteiger partial charge in [0.25, 0.3) is 6.23 Å². The van der Waals surface area contributed by atoms with E-state index in [2.05, 4.69) is 69.4 Å². The van der Waals surface area contributed by atoms with Crippen LogP contribution in [0.25, 0.3) is 11.4 Å². The lowest BCUT2D eigenvalue weighted by molar-refractivity contribution is -0.159. The number of carboxylic acids is 1. The molecule has 1 aliphatic heterocycles. The highest BCUT2D eigenvalue weighted by Gasteiger charge is 2.35. The Labute approximate surface area is 239 Å². The molecule has 0 bridgehead atoms. The van der Waals surface area contributed by atoms with Gasteiger partial charge in [0.2, 0.25) is 5.82 Å². The van der Waals surface area contributed by atoms with Gasteiger partial charge in [-0.3, -0.25) is 9.80 Å².